The first-order valence-electron chi connectivity index (χ1n) is 8.03. The maximum atomic E-state index is 12.5. The Hall–Kier alpha value is -1.85. The van der Waals surface area contributed by atoms with E-state index in [0.717, 1.165) is 21.5 Å². The van der Waals surface area contributed by atoms with Crippen molar-refractivity contribution in [1.82, 2.24) is 4.98 Å². The van der Waals surface area contributed by atoms with Crippen LogP contribution in [0.25, 0.3) is 10.2 Å². The van der Waals surface area contributed by atoms with Crippen LogP contribution in [0.3, 0.4) is 0 Å². The third-order valence-electron chi connectivity index (χ3n) is 3.57. The average Bonchev–Trinajstić information content (AvgIpc) is 2.96. The number of fused-ring (bicyclic) bond motifs is 1. The summed E-state index contributed by atoms with van der Waals surface area (Å²) in [7, 11) is 0. The molecule has 1 N–H and O–H groups in total. The number of rotatable bonds is 5. The highest BCUT2D eigenvalue weighted by molar-refractivity contribution is 7.99. The number of carbonyl (C=O) groups is 1. The third-order valence-corrected chi connectivity index (χ3v) is 5.51. The minimum atomic E-state index is -0.113. The van der Waals surface area contributed by atoms with Crippen LogP contribution in [0.5, 0.6) is 0 Å². The van der Waals surface area contributed by atoms with Crippen LogP contribution in [0.15, 0.2) is 47.4 Å². The first kappa shape index (κ1) is 17.0. The second kappa shape index (κ2) is 7.36. The number of carbonyl (C=O) groups excluding carboxylic acids is 1. The molecule has 1 heterocycles. The fraction of sp³-hybridized carbons (Fsp3) is 0.263. The van der Waals surface area contributed by atoms with E-state index in [1.54, 1.807) is 11.8 Å². The summed E-state index contributed by atoms with van der Waals surface area (Å²) < 4.78 is 1.11. The second-order valence-corrected chi connectivity index (χ2v) is 8.47. The van der Waals surface area contributed by atoms with E-state index in [1.807, 2.05) is 36.4 Å². The normalized spacial score (nSPS) is 11.2. The van der Waals surface area contributed by atoms with Crippen molar-refractivity contribution < 1.29 is 4.79 Å². The standard InChI is InChI=1S/C19H20N2OS2/c1-4-13-7-6-10-16-17(13)20-19(24-16)21-18(22)14-8-5-9-15(11-14)23-12(2)3/h5-12H,4H2,1-3H3,(H,20,21,22). The molecule has 0 aliphatic rings. The summed E-state index contributed by atoms with van der Waals surface area (Å²) in [6.07, 6.45) is 0.933. The summed E-state index contributed by atoms with van der Waals surface area (Å²) in [5, 5.41) is 4.08. The Morgan fingerprint density at radius 2 is 2.04 bits per heavy atom. The molecule has 0 aliphatic carbocycles. The lowest BCUT2D eigenvalue weighted by atomic mass is 10.1. The molecule has 0 saturated carbocycles. The molecule has 0 bridgehead atoms. The van der Waals surface area contributed by atoms with Gasteiger partial charge >= 0.3 is 0 Å². The van der Waals surface area contributed by atoms with Crippen molar-refractivity contribution in [1.29, 1.82) is 0 Å². The lowest BCUT2D eigenvalue weighted by molar-refractivity contribution is 0.102. The molecule has 0 spiro atoms. The molecule has 0 radical (unpaired) electrons. The molecule has 3 aromatic rings. The first-order valence-corrected chi connectivity index (χ1v) is 9.73. The van der Waals surface area contributed by atoms with Crippen LogP contribution >= 0.6 is 23.1 Å². The molecule has 3 rings (SSSR count). The quantitative estimate of drug-likeness (QED) is 0.604. The van der Waals surface area contributed by atoms with E-state index in [-0.39, 0.29) is 5.91 Å². The Balaban J connectivity index is 1.82. The molecule has 0 unspecified atom stereocenters. The highest BCUT2D eigenvalue weighted by Crippen LogP contribution is 2.29. The number of aromatic nitrogens is 1. The Morgan fingerprint density at radius 3 is 2.79 bits per heavy atom. The Morgan fingerprint density at radius 1 is 1.25 bits per heavy atom. The maximum Gasteiger partial charge on any atom is 0.257 e. The van der Waals surface area contributed by atoms with Crippen LogP contribution in [-0.4, -0.2) is 16.1 Å². The van der Waals surface area contributed by atoms with Crippen molar-refractivity contribution in [3.05, 3.63) is 53.6 Å². The zero-order valence-corrected chi connectivity index (χ0v) is 15.6. The van der Waals surface area contributed by atoms with Gasteiger partial charge in [-0.05, 0) is 36.2 Å². The number of thiazole rings is 1. The minimum Gasteiger partial charge on any atom is -0.298 e. The van der Waals surface area contributed by atoms with E-state index >= 15 is 0 Å². The van der Waals surface area contributed by atoms with E-state index in [1.165, 1.54) is 16.9 Å². The topological polar surface area (TPSA) is 42.0 Å². The molecule has 0 saturated heterocycles. The van der Waals surface area contributed by atoms with Crippen LogP contribution in [0.1, 0.15) is 36.7 Å². The van der Waals surface area contributed by atoms with Gasteiger partial charge in [0.2, 0.25) is 0 Å². The molecule has 24 heavy (non-hydrogen) atoms. The van der Waals surface area contributed by atoms with Crippen molar-refractivity contribution in [3.63, 3.8) is 0 Å². The van der Waals surface area contributed by atoms with Crippen molar-refractivity contribution in [2.75, 3.05) is 5.32 Å². The van der Waals surface area contributed by atoms with Crippen molar-refractivity contribution in [3.8, 4) is 0 Å². The number of benzene rings is 2. The van der Waals surface area contributed by atoms with Crippen LogP contribution < -0.4 is 5.32 Å². The molecule has 0 aliphatic heterocycles. The largest absolute Gasteiger partial charge is 0.298 e. The number of thioether (sulfide) groups is 1. The number of para-hydroxylation sites is 1. The maximum absolute atomic E-state index is 12.5. The molecular weight excluding hydrogens is 336 g/mol. The van der Waals surface area contributed by atoms with E-state index in [9.17, 15) is 4.79 Å². The van der Waals surface area contributed by atoms with E-state index in [2.05, 4.69) is 37.1 Å². The summed E-state index contributed by atoms with van der Waals surface area (Å²) in [6.45, 7) is 6.40. The van der Waals surface area contributed by atoms with Gasteiger partial charge in [-0.25, -0.2) is 4.98 Å². The summed E-state index contributed by atoms with van der Waals surface area (Å²) >= 11 is 3.27. The Bertz CT molecular complexity index is 871. The van der Waals surface area contributed by atoms with Crippen LogP contribution in [0.2, 0.25) is 0 Å². The highest BCUT2D eigenvalue weighted by Gasteiger charge is 2.12. The van der Waals surface area contributed by atoms with Gasteiger partial charge in [-0.1, -0.05) is 50.3 Å². The first-order chi connectivity index (χ1) is 11.6. The molecule has 2 aromatic carbocycles. The van der Waals surface area contributed by atoms with Crippen molar-refractivity contribution >= 4 is 44.4 Å². The monoisotopic (exact) mass is 356 g/mol. The number of hydrogen-bond donors (Lipinski definition) is 1. The average molecular weight is 357 g/mol. The predicted molar refractivity (Wildman–Crippen MR) is 104 cm³/mol. The number of amides is 1. The molecule has 1 aromatic heterocycles. The summed E-state index contributed by atoms with van der Waals surface area (Å²) in [5.74, 6) is -0.113. The third kappa shape index (κ3) is 3.79. The van der Waals surface area contributed by atoms with E-state index in [0.29, 0.717) is 15.9 Å². The molecule has 1 amide bonds. The summed E-state index contributed by atoms with van der Waals surface area (Å²) in [4.78, 5) is 18.2. The van der Waals surface area contributed by atoms with E-state index in [4.69, 9.17) is 0 Å². The van der Waals surface area contributed by atoms with E-state index < -0.39 is 0 Å². The molecule has 0 atom stereocenters. The number of aryl methyl sites for hydroxylation is 1. The zero-order valence-electron chi connectivity index (χ0n) is 14.0. The van der Waals surface area contributed by atoms with Gasteiger partial charge in [0.25, 0.3) is 5.91 Å². The Kier molecular flexibility index (Phi) is 5.21. The molecule has 5 heteroatoms. The van der Waals surface area contributed by atoms with Gasteiger partial charge in [-0.15, -0.1) is 11.8 Å². The number of hydrogen-bond acceptors (Lipinski definition) is 4. The van der Waals surface area contributed by atoms with Crippen LogP contribution in [0, 0.1) is 0 Å². The highest BCUT2D eigenvalue weighted by atomic mass is 32.2. The van der Waals surface area contributed by atoms with Gasteiger partial charge < -0.3 is 0 Å². The lowest BCUT2D eigenvalue weighted by Gasteiger charge is -2.07. The predicted octanol–water partition coefficient (Wildman–Crippen LogP) is 5.61. The molecule has 0 fully saturated rings. The number of nitrogens with zero attached hydrogens (tertiary/aromatic N) is 1. The van der Waals surface area contributed by atoms with Crippen molar-refractivity contribution in [2.24, 2.45) is 0 Å². The minimum absolute atomic E-state index is 0.113. The lowest BCUT2D eigenvalue weighted by Crippen LogP contribution is -2.11. The number of nitrogens with one attached hydrogen (secondary N) is 1. The number of anilines is 1. The van der Waals surface area contributed by atoms with Crippen LogP contribution in [0.4, 0.5) is 5.13 Å². The van der Waals surface area contributed by atoms with Crippen LogP contribution in [-0.2, 0) is 6.42 Å². The van der Waals surface area contributed by atoms with Gasteiger partial charge in [0, 0.05) is 15.7 Å². The fourth-order valence-electron chi connectivity index (χ4n) is 2.50. The molecule has 3 nitrogen and oxygen atoms in total. The van der Waals surface area contributed by atoms with Gasteiger partial charge in [0.1, 0.15) is 0 Å². The van der Waals surface area contributed by atoms with Crippen molar-refractivity contribution in [2.45, 2.75) is 37.3 Å². The second-order valence-electron chi connectivity index (χ2n) is 5.79. The molecule has 124 valence electrons. The van der Waals surface area contributed by atoms with Gasteiger partial charge in [0.05, 0.1) is 10.2 Å². The van der Waals surface area contributed by atoms with Gasteiger partial charge in [0.15, 0.2) is 5.13 Å². The fourth-order valence-corrected chi connectivity index (χ4v) is 4.30. The molecular formula is C19H20N2OS2. The SMILES string of the molecule is CCc1cccc2sc(NC(=O)c3cccc(SC(C)C)c3)nc12. The Labute approximate surface area is 150 Å². The summed E-state index contributed by atoms with van der Waals surface area (Å²) in [5.41, 5.74) is 2.86. The van der Waals surface area contributed by atoms with Gasteiger partial charge in [-0.2, -0.15) is 0 Å². The summed E-state index contributed by atoms with van der Waals surface area (Å²) in [6, 6.07) is 13.9. The smallest absolute Gasteiger partial charge is 0.257 e. The zero-order chi connectivity index (χ0) is 17.1. The van der Waals surface area contributed by atoms with Gasteiger partial charge in [-0.3, -0.25) is 10.1 Å².